The lowest BCUT2D eigenvalue weighted by atomic mass is 10.2. The molecule has 0 amide bonds. The van der Waals surface area contributed by atoms with Crippen LogP contribution in [0.4, 0.5) is 0 Å². The summed E-state index contributed by atoms with van der Waals surface area (Å²) in [7, 11) is 0. The first-order valence-electron chi connectivity index (χ1n) is 7.70. The number of azide groups is 1. The van der Waals surface area contributed by atoms with Gasteiger partial charge in [-0.2, -0.15) is 0 Å². The van der Waals surface area contributed by atoms with Crippen LogP contribution in [0.3, 0.4) is 0 Å². The van der Waals surface area contributed by atoms with Gasteiger partial charge in [-0.1, -0.05) is 35.4 Å². The summed E-state index contributed by atoms with van der Waals surface area (Å²) in [6.07, 6.45) is 5.25. The van der Waals surface area contributed by atoms with E-state index in [1.807, 2.05) is 53.2 Å². The number of benzene rings is 1. The summed E-state index contributed by atoms with van der Waals surface area (Å²) in [6.45, 7) is 1.88. The van der Waals surface area contributed by atoms with Gasteiger partial charge in [0.15, 0.2) is 0 Å². The van der Waals surface area contributed by atoms with Crippen molar-refractivity contribution in [1.82, 2.24) is 9.38 Å². The molecule has 0 aliphatic rings. The third-order valence-electron chi connectivity index (χ3n) is 3.51. The molecule has 1 aromatic carbocycles. The molecule has 0 saturated carbocycles. The first-order chi connectivity index (χ1) is 12.2. The minimum atomic E-state index is -0.669. The van der Waals surface area contributed by atoms with Crippen LogP contribution in [0.15, 0.2) is 65.7 Å². The maximum atomic E-state index is 11.9. The van der Waals surface area contributed by atoms with E-state index in [2.05, 4.69) is 15.0 Å². The molecule has 0 aliphatic heterocycles. The lowest BCUT2D eigenvalue weighted by Gasteiger charge is -2.02. The Kier molecular flexibility index (Phi) is 4.78. The van der Waals surface area contributed by atoms with Gasteiger partial charge in [-0.3, -0.25) is 0 Å². The molecule has 7 nitrogen and oxygen atoms in total. The number of esters is 1. The molecular formula is C18H15N5O2. The fraction of sp³-hybridized carbons (Fsp3) is 0.111. The van der Waals surface area contributed by atoms with Gasteiger partial charge in [-0.25, -0.2) is 9.78 Å². The third-order valence-corrected chi connectivity index (χ3v) is 3.51. The zero-order valence-corrected chi connectivity index (χ0v) is 13.5. The van der Waals surface area contributed by atoms with Gasteiger partial charge < -0.3 is 9.14 Å². The summed E-state index contributed by atoms with van der Waals surface area (Å²) < 4.78 is 6.77. The van der Waals surface area contributed by atoms with Crippen LogP contribution in [0.2, 0.25) is 0 Å². The molecule has 3 aromatic rings. The van der Waals surface area contributed by atoms with Crippen molar-refractivity contribution in [2.75, 3.05) is 6.61 Å². The number of nitrogens with zero attached hydrogens (tertiary/aromatic N) is 5. The normalized spacial score (nSPS) is 11.2. The van der Waals surface area contributed by atoms with Gasteiger partial charge in [0.2, 0.25) is 0 Å². The molecule has 0 unspecified atom stereocenters. The largest absolute Gasteiger partial charge is 0.462 e. The van der Waals surface area contributed by atoms with Crippen LogP contribution in [-0.4, -0.2) is 22.0 Å². The SMILES string of the molecule is CCOC(=O)C(=Cc1cccn2cc(-c3ccccc3)nc12)N=[N+]=[N-]. The minimum absolute atomic E-state index is 0.110. The molecule has 0 spiro atoms. The highest BCUT2D eigenvalue weighted by atomic mass is 16.5. The number of hydrogen-bond donors (Lipinski definition) is 0. The van der Waals surface area contributed by atoms with E-state index in [0.29, 0.717) is 11.2 Å². The number of imidazole rings is 1. The number of fused-ring (bicyclic) bond motifs is 1. The molecule has 0 fully saturated rings. The Morgan fingerprint density at radius 1 is 1.32 bits per heavy atom. The molecule has 0 saturated heterocycles. The highest BCUT2D eigenvalue weighted by Gasteiger charge is 2.12. The van der Waals surface area contributed by atoms with E-state index in [-0.39, 0.29) is 12.3 Å². The Morgan fingerprint density at radius 3 is 2.84 bits per heavy atom. The molecule has 2 aromatic heterocycles. The molecule has 0 radical (unpaired) electrons. The van der Waals surface area contributed by atoms with Gasteiger partial charge in [0.1, 0.15) is 11.3 Å². The predicted octanol–water partition coefficient (Wildman–Crippen LogP) is 4.22. The van der Waals surface area contributed by atoms with Crippen molar-refractivity contribution >= 4 is 17.7 Å². The van der Waals surface area contributed by atoms with E-state index in [1.54, 1.807) is 13.0 Å². The number of ether oxygens (including phenoxy) is 1. The van der Waals surface area contributed by atoms with Gasteiger partial charge in [-0.05, 0) is 30.7 Å². The van der Waals surface area contributed by atoms with Gasteiger partial charge in [0, 0.05) is 28.4 Å². The predicted molar refractivity (Wildman–Crippen MR) is 94.4 cm³/mol. The lowest BCUT2D eigenvalue weighted by Crippen LogP contribution is -2.05. The molecule has 25 heavy (non-hydrogen) atoms. The molecule has 0 atom stereocenters. The van der Waals surface area contributed by atoms with E-state index < -0.39 is 5.97 Å². The molecule has 0 bridgehead atoms. The van der Waals surface area contributed by atoms with E-state index in [0.717, 1.165) is 11.3 Å². The second-order valence-electron chi connectivity index (χ2n) is 5.13. The van der Waals surface area contributed by atoms with E-state index >= 15 is 0 Å². The van der Waals surface area contributed by atoms with Crippen LogP contribution >= 0.6 is 0 Å². The van der Waals surface area contributed by atoms with Crippen LogP contribution in [0.25, 0.3) is 33.4 Å². The summed E-state index contributed by atoms with van der Waals surface area (Å²) >= 11 is 0. The zero-order chi connectivity index (χ0) is 17.6. The van der Waals surface area contributed by atoms with Crippen LogP contribution in [-0.2, 0) is 9.53 Å². The second-order valence-corrected chi connectivity index (χ2v) is 5.13. The van der Waals surface area contributed by atoms with E-state index in [9.17, 15) is 4.79 Å². The van der Waals surface area contributed by atoms with Crippen LogP contribution < -0.4 is 0 Å². The van der Waals surface area contributed by atoms with Crippen molar-refractivity contribution in [3.63, 3.8) is 0 Å². The Morgan fingerprint density at radius 2 is 2.12 bits per heavy atom. The topological polar surface area (TPSA) is 92.4 Å². The van der Waals surface area contributed by atoms with E-state index in [1.165, 1.54) is 6.08 Å². The molecule has 2 heterocycles. The van der Waals surface area contributed by atoms with Gasteiger partial charge in [0.05, 0.1) is 12.3 Å². The average molecular weight is 333 g/mol. The maximum absolute atomic E-state index is 11.9. The number of carbonyl (C=O) groups excluding carboxylic acids is 1. The average Bonchev–Trinajstić information content (AvgIpc) is 3.07. The number of pyridine rings is 1. The van der Waals surface area contributed by atoms with Crippen LogP contribution in [0, 0.1) is 0 Å². The molecular weight excluding hydrogens is 318 g/mol. The van der Waals surface area contributed by atoms with E-state index in [4.69, 9.17) is 10.3 Å². The third kappa shape index (κ3) is 3.52. The van der Waals surface area contributed by atoms with Crippen molar-refractivity contribution in [2.45, 2.75) is 6.92 Å². The summed E-state index contributed by atoms with van der Waals surface area (Å²) in [6, 6.07) is 13.4. The van der Waals surface area contributed by atoms with Crippen molar-refractivity contribution in [2.24, 2.45) is 5.11 Å². The van der Waals surface area contributed by atoms with Crippen molar-refractivity contribution in [3.8, 4) is 11.3 Å². The highest BCUT2D eigenvalue weighted by Crippen LogP contribution is 2.22. The first kappa shape index (κ1) is 16.3. The second kappa shape index (κ2) is 7.33. The highest BCUT2D eigenvalue weighted by molar-refractivity contribution is 5.94. The molecule has 0 N–H and O–H groups in total. The summed E-state index contributed by atoms with van der Waals surface area (Å²) in [4.78, 5) is 19.2. The van der Waals surface area contributed by atoms with Gasteiger partial charge >= 0.3 is 5.97 Å². The minimum Gasteiger partial charge on any atom is -0.462 e. The number of hydrogen-bond acceptors (Lipinski definition) is 4. The molecule has 3 rings (SSSR count). The van der Waals surface area contributed by atoms with Crippen molar-refractivity contribution in [3.05, 3.63) is 76.6 Å². The Labute approximate surface area is 143 Å². The number of rotatable bonds is 5. The fourth-order valence-electron chi connectivity index (χ4n) is 2.42. The number of carbonyl (C=O) groups is 1. The van der Waals surface area contributed by atoms with Gasteiger partial charge in [0.25, 0.3) is 0 Å². The molecule has 0 aliphatic carbocycles. The van der Waals surface area contributed by atoms with Crippen molar-refractivity contribution in [1.29, 1.82) is 0 Å². The first-order valence-corrected chi connectivity index (χ1v) is 7.70. The van der Waals surface area contributed by atoms with Crippen molar-refractivity contribution < 1.29 is 9.53 Å². The molecule has 7 heteroatoms. The summed E-state index contributed by atoms with van der Waals surface area (Å²) in [5, 5.41) is 3.44. The fourth-order valence-corrected chi connectivity index (χ4v) is 2.42. The van der Waals surface area contributed by atoms with Crippen LogP contribution in [0.5, 0.6) is 0 Å². The quantitative estimate of drug-likeness (QED) is 0.230. The van der Waals surface area contributed by atoms with Crippen LogP contribution in [0.1, 0.15) is 12.5 Å². The van der Waals surface area contributed by atoms with Gasteiger partial charge in [-0.15, -0.1) is 0 Å². The standard InChI is InChI=1S/C18H15N5O2/c1-2-25-18(24)15(21-22-19)11-14-9-6-10-23-12-16(20-17(14)23)13-7-4-3-5-8-13/h3-12H,2H2,1H3. The lowest BCUT2D eigenvalue weighted by molar-refractivity contribution is -0.138. The molecule has 124 valence electrons. The monoisotopic (exact) mass is 333 g/mol. The summed E-state index contributed by atoms with van der Waals surface area (Å²) in [5.74, 6) is -0.669. The Bertz CT molecular complexity index is 985. The maximum Gasteiger partial charge on any atom is 0.340 e. The Hall–Kier alpha value is -3.57. The zero-order valence-electron chi connectivity index (χ0n) is 13.5. The smallest absolute Gasteiger partial charge is 0.340 e. The summed E-state index contributed by atoms with van der Waals surface area (Å²) in [5.41, 5.74) is 11.7. The number of aromatic nitrogens is 2. The Balaban J connectivity index is 2.10.